The second-order valence-electron chi connectivity index (χ2n) is 8.03. The van der Waals surface area contributed by atoms with Gasteiger partial charge in [0, 0.05) is 36.4 Å². The van der Waals surface area contributed by atoms with Gasteiger partial charge in [-0.05, 0) is 80.9 Å². The molecule has 0 aliphatic rings. The number of carbonyl (C=O) groups is 2. The number of halogens is 1. The lowest BCUT2D eigenvalue weighted by Gasteiger charge is -2.18. The van der Waals surface area contributed by atoms with Gasteiger partial charge < -0.3 is 10.2 Å². The Morgan fingerprint density at radius 1 is 0.941 bits per heavy atom. The molecule has 0 aliphatic carbocycles. The van der Waals surface area contributed by atoms with Gasteiger partial charge in [0.1, 0.15) is 11.6 Å². The highest BCUT2D eigenvalue weighted by atomic mass is 19.1. The van der Waals surface area contributed by atoms with E-state index >= 15 is 0 Å². The Kier molecular flexibility index (Phi) is 6.72. The molecule has 0 saturated carbocycles. The third-order valence-electron chi connectivity index (χ3n) is 5.87. The van der Waals surface area contributed by atoms with Gasteiger partial charge in [0.2, 0.25) is 0 Å². The Labute approximate surface area is 198 Å². The standard InChI is InChI=1S/C27H27FN4O2/c1-4-31(5-2)27(34)20-8-6-19(7-9-20)17-29-26(33)21-10-15-24-25(16-21)32(18(3)30-24)23-13-11-22(28)12-14-23/h6-16H,4-5,17H2,1-3H3,(H,29,33). The van der Waals surface area contributed by atoms with Crippen LogP contribution in [0.25, 0.3) is 16.7 Å². The summed E-state index contributed by atoms with van der Waals surface area (Å²) in [7, 11) is 0. The van der Waals surface area contributed by atoms with Crippen LogP contribution in [0.1, 0.15) is 46.0 Å². The van der Waals surface area contributed by atoms with Crippen LogP contribution in [0.2, 0.25) is 0 Å². The fraction of sp³-hybridized carbons (Fsp3) is 0.222. The van der Waals surface area contributed by atoms with Crippen molar-refractivity contribution in [1.82, 2.24) is 19.8 Å². The molecule has 1 heterocycles. The molecule has 6 nitrogen and oxygen atoms in total. The molecule has 0 radical (unpaired) electrons. The van der Waals surface area contributed by atoms with Gasteiger partial charge in [-0.2, -0.15) is 0 Å². The van der Waals surface area contributed by atoms with Crippen LogP contribution in [-0.4, -0.2) is 39.4 Å². The zero-order chi connectivity index (χ0) is 24.2. The van der Waals surface area contributed by atoms with Gasteiger partial charge in [0.05, 0.1) is 11.0 Å². The summed E-state index contributed by atoms with van der Waals surface area (Å²) in [4.78, 5) is 31.6. The maximum absolute atomic E-state index is 13.4. The summed E-state index contributed by atoms with van der Waals surface area (Å²) < 4.78 is 15.3. The van der Waals surface area contributed by atoms with Crippen molar-refractivity contribution < 1.29 is 14.0 Å². The molecule has 0 fully saturated rings. The predicted molar refractivity (Wildman–Crippen MR) is 131 cm³/mol. The number of nitrogens with one attached hydrogen (secondary N) is 1. The minimum atomic E-state index is -0.309. The Bertz CT molecular complexity index is 1320. The van der Waals surface area contributed by atoms with Crippen molar-refractivity contribution in [2.24, 2.45) is 0 Å². The summed E-state index contributed by atoms with van der Waals surface area (Å²) in [6, 6.07) is 18.8. The van der Waals surface area contributed by atoms with E-state index in [1.54, 1.807) is 41.3 Å². The van der Waals surface area contributed by atoms with Crippen LogP contribution >= 0.6 is 0 Å². The number of fused-ring (bicyclic) bond motifs is 1. The molecule has 174 valence electrons. The summed E-state index contributed by atoms with van der Waals surface area (Å²) in [5.74, 6) is 0.228. The molecular formula is C27H27FN4O2. The lowest BCUT2D eigenvalue weighted by atomic mass is 10.1. The van der Waals surface area contributed by atoms with Gasteiger partial charge in [-0.3, -0.25) is 14.2 Å². The van der Waals surface area contributed by atoms with Gasteiger partial charge in [-0.1, -0.05) is 12.1 Å². The van der Waals surface area contributed by atoms with Crippen molar-refractivity contribution in [2.75, 3.05) is 13.1 Å². The van der Waals surface area contributed by atoms with Gasteiger partial charge in [-0.15, -0.1) is 0 Å². The van der Waals surface area contributed by atoms with E-state index in [0.717, 1.165) is 28.1 Å². The fourth-order valence-corrected chi connectivity index (χ4v) is 4.00. The van der Waals surface area contributed by atoms with Gasteiger partial charge in [-0.25, -0.2) is 9.37 Å². The summed E-state index contributed by atoms with van der Waals surface area (Å²) in [6.07, 6.45) is 0. The van der Waals surface area contributed by atoms with E-state index in [0.29, 0.717) is 30.8 Å². The summed E-state index contributed by atoms with van der Waals surface area (Å²) >= 11 is 0. The third kappa shape index (κ3) is 4.69. The van der Waals surface area contributed by atoms with Crippen molar-refractivity contribution >= 4 is 22.8 Å². The number of hydrogen-bond donors (Lipinski definition) is 1. The molecule has 34 heavy (non-hydrogen) atoms. The SMILES string of the molecule is CCN(CC)C(=O)c1ccc(CNC(=O)c2ccc3nc(C)n(-c4ccc(F)cc4)c3c2)cc1. The molecule has 0 bridgehead atoms. The topological polar surface area (TPSA) is 67.2 Å². The zero-order valence-electron chi connectivity index (χ0n) is 19.5. The lowest BCUT2D eigenvalue weighted by Crippen LogP contribution is -2.30. The van der Waals surface area contributed by atoms with Crippen LogP contribution in [0.4, 0.5) is 4.39 Å². The number of carbonyl (C=O) groups excluding carboxylic acids is 2. The molecule has 0 spiro atoms. The molecule has 2 amide bonds. The lowest BCUT2D eigenvalue weighted by molar-refractivity contribution is 0.0772. The first-order chi connectivity index (χ1) is 16.4. The smallest absolute Gasteiger partial charge is 0.253 e. The fourth-order valence-electron chi connectivity index (χ4n) is 4.00. The average Bonchev–Trinajstić information content (AvgIpc) is 3.19. The number of aromatic nitrogens is 2. The molecule has 0 aliphatic heterocycles. The van der Waals surface area contributed by atoms with Crippen molar-refractivity contribution in [2.45, 2.75) is 27.3 Å². The van der Waals surface area contributed by atoms with Crippen LogP contribution in [-0.2, 0) is 6.54 Å². The molecule has 1 N–H and O–H groups in total. The monoisotopic (exact) mass is 458 g/mol. The van der Waals surface area contributed by atoms with E-state index in [9.17, 15) is 14.0 Å². The normalized spacial score (nSPS) is 10.9. The Balaban J connectivity index is 1.50. The minimum absolute atomic E-state index is 0.00180. The number of nitrogens with zero attached hydrogens (tertiary/aromatic N) is 3. The maximum atomic E-state index is 13.4. The molecule has 7 heteroatoms. The molecule has 0 atom stereocenters. The molecule has 0 unspecified atom stereocenters. The molecule has 3 aromatic carbocycles. The predicted octanol–water partition coefficient (Wildman–Crippen LogP) is 4.89. The summed E-state index contributed by atoms with van der Waals surface area (Å²) in [5, 5.41) is 2.93. The first-order valence-electron chi connectivity index (χ1n) is 11.3. The van der Waals surface area contributed by atoms with Gasteiger partial charge in [0.25, 0.3) is 11.8 Å². The van der Waals surface area contributed by atoms with E-state index < -0.39 is 0 Å². The first kappa shape index (κ1) is 23.2. The highest BCUT2D eigenvalue weighted by molar-refractivity contribution is 5.98. The average molecular weight is 459 g/mol. The minimum Gasteiger partial charge on any atom is -0.348 e. The third-order valence-corrected chi connectivity index (χ3v) is 5.87. The van der Waals surface area contributed by atoms with E-state index in [1.165, 1.54) is 12.1 Å². The number of amides is 2. The summed E-state index contributed by atoms with van der Waals surface area (Å²) in [6.45, 7) is 7.45. The number of hydrogen-bond acceptors (Lipinski definition) is 3. The van der Waals surface area contributed by atoms with Crippen LogP contribution in [0.5, 0.6) is 0 Å². The Morgan fingerprint density at radius 2 is 1.59 bits per heavy atom. The molecule has 4 rings (SSSR count). The van der Waals surface area contributed by atoms with Crippen molar-refractivity contribution in [1.29, 1.82) is 0 Å². The van der Waals surface area contributed by atoms with Crippen LogP contribution in [0.15, 0.2) is 66.7 Å². The Morgan fingerprint density at radius 3 is 2.24 bits per heavy atom. The molecule has 0 saturated heterocycles. The Hall–Kier alpha value is -4.00. The number of rotatable bonds is 7. The van der Waals surface area contributed by atoms with Crippen LogP contribution < -0.4 is 5.32 Å². The number of benzene rings is 3. The molecule has 4 aromatic rings. The van der Waals surface area contributed by atoms with E-state index in [2.05, 4.69) is 10.3 Å². The van der Waals surface area contributed by atoms with E-state index in [4.69, 9.17) is 0 Å². The highest BCUT2D eigenvalue weighted by Gasteiger charge is 2.14. The van der Waals surface area contributed by atoms with Crippen molar-refractivity contribution in [3.63, 3.8) is 0 Å². The highest BCUT2D eigenvalue weighted by Crippen LogP contribution is 2.23. The second kappa shape index (κ2) is 9.87. The van der Waals surface area contributed by atoms with E-state index in [-0.39, 0.29) is 17.6 Å². The van der Waals surface area contributed by atoms with E-state index in [1.807, 2.05) is 43.5 Å². The summed E-state index contributed by atoms with van der Waals surface area (Å²) in [5.41, 5.74) is 4.34. The maximum Gasteiger partial charge on any atom is 0.253 e. The molecule has 1 aromatic heterocycles. The quantitative estimate of drug-likeness (QED) is 0.429. The van der Waals surface area contributed by atoms with Gasteiger partial charge >= 0.3 is 0 Å². The molecular weight excluding hydrogens is 431 g/mol. The first-order valence-corrected chi connectivity index (χ1v) is 11.3. The van der Waals surface area contributed by atoms with Crippen LogP contribution in [0.3, 0.4) is 0 Å². The second-order valence-corrected chi connectivity index (χ2v) is 8.03. The van der Waals surface area contributed by atoms with Crippen molar-refractivity contribution in [3.05, 3.63) is 95.1 Å². The van der Waals surface area contributed by atoms with Crippen LogP contribution in [0, 0.1) is 12.7 Å². The van der Waals surface area contributed by atoms with Gasteiger partial charge in [0.15, 0.2) is 0 Å². The number of imidazole rings is 1. The zero-order valence-corrected chi connectivity index (χ0v) is 19.5. The largest absolute Gasteiger partial charge is 0.348 e. The van der Waals surface area contributed by atoms with Crippen molar-refractivity contribution in [3.8, 4) is 5.69 Å². The number of aryl methyl sites for hydroxylation is 1.